The minimum Gasteiger partial charge on any atom is -0.406 e. The number of ether oxygens (including phenoxy) is 1. The molecule has 0 bridgehead atoms. The van der Waals surface area contributed by atoms with Crippen molar-refractivity contribution in [2.45, 2.75) is 6.36 Å². The van der Waals surface area contributed by atoms with Gasteiger partial charge in [-0.15, -0.1) is 13.2 Å². The van der Waals surface area contributed by atoms with Gasteiger partial charge in [0.2, 0.25) is 0 Å². The van der Waals surface area contributed by atoms with Crippen LogP contribution in [0.25, 0.3) is 0 Å². The number of nitrogens with two attached hydrogens (primary N) is 1. The van der Waals surface area contributed by atoms with Gasteiger partial charge in [0.15, 0.2) is 11.6 Å². The monoisotopic (exact) mass is 270 g/mol. The molecule has 0 saturated heterocycles. The third kappa shape index (κ3) is 3.73. The van der Waals surface area contributed by atoms with Gasteiger partial charge in [0.1, 0.15) is 5.75 Å². The predicted octanol–water partition coefficient (Wildman–Crippen LogP) is 2.70. The van der Waals surface area contributed by atoms with Crippen LogP contribution in [0.5, 0.6) is 5.75 Å². The second-order valence-corrected chi connectivity index (χ2v) is 3.49. The number of hydrogen-bond acceptors (Lipinski definition) is 5. The highest BCUT2D eigenvalue weighted by Crippen LogP contribution is 2.25. The Balaban J connectivity index is 2.09. The Bertz CT molecular complexity index is 557. The maximum absolute atomic E-state index is 12.0. The summed E-state index contributed by atoms with van der Waals surface area (Å²) >= 11 is 0. The number of anilines is 3. The first-order valence-corrected chi connectivity index (χ1v) is 5.13. The van der Waals surface area contributed by atoms with E-state index in [-0.39, 0.29) is 11.6 Å². The Hall–Kier alpha value is -2.51. The first-order chi connectivity index (χ1) is 8.94. The molecule has 0 atom stereocenters. The number of nitrogens with one attached hydrogen (secondary N) is 1. The fourth-order valence-electron chi connectivity index (χ4n) is 1.32. The van der Waals surface area contributed by atoms with Crippen molar-refractivity contribution in [1.29, 1.82) is 0 Å². The van der Waals surface area contributed by atoms with E-state index < -0.39 is 6.36 Å². The summed E-state index contributed by atoms with van der Waals surface area (Å²) in [4.78, 5) is 7.77. The molecule has 0 amide bonds. The minimum absolute atomic E-state index is 0.193. The highest BCUT2D eigenvalue weighted by Gasteiger charge is 2.30. The van der Waals surface area contributed by atoms with Crippen LogP contribution < -0.4 is 15.8 Å². The molecule has 0 aliphatic rings. The minimum atomic E-state index is -4.70. The fraction of sp³-hybridized carbons (Fsp3) is 0.0909. The molecule has 3 N–H and O–H groups in total. The summed E-state index contributed by atoms with van der Waals surface area (Å²) in [5, 5.41) is 2.83. The molecule has 0 unspecified atom stereocenters. The van der Waals surface area contributed by atoms with Crippen molar-refractivity contribution in [1.82, 2.24) is 9.97 Å². The largest absolute Gasteiger partial charge is 0.573 e. The van der Waals surface area contributed by atoms with E-state index in [1.54, 1.807) is 0 Å². The molecular formula is C11H9F3N4O. The van der Waals surface area contributed by atoms with Gasteiger partial charge >= 0.3 is 6.36 Å². The lowest BCUT2D eigenvalue weighted by Gasteiger charge is -2.10. The Morgan fingerprint density at radius 3 is 2.26 bits per heavy atom. The SMILES string of the molecule is Nc1nccnc1Nc1ccc(OC(F)(F)F)cc1. The average Bonchev–Trinajstić information content (AvgIpc) is 2.33. The summed E-state index contributed by atoms with van der Waals surface area (Å²) in [6.07, 6.45) is -1.83. The number of hydrogen-bond donors (Lipinski definition) is 2. The lowest BCUT2D eigenvalue weighted by molar-refractivity contribution is -0.274. The van der Waals surface area contributed by atoms with E-state index >= 15 is 0 Å². The van der Waals surface area contributed by atoms with E-state index in [4.69, 9.17) is 5.73 Å². The third-order valence-corrected chi connectivity index (χ3v) is 2.08. The number of benzene rings is 1. The molecule has 0 radical (unpaired) electrons. The molecule has 5 nitrogen and oxygen atoms in total. The molecule has 1 aromatic heterocycles. The van der Waals surface area contributed by atoms with Crippen molar-refractivity contribution in [3.05, 3.63) is 36.7 Å². The molecule has 2 aromatic rings. The Morgan fingerprint density at radius 1 is 1.05 bits per heavy atom. The van der Waals surface area contributed by atoms with Crippen molar-refractivity contribution in [3.63, 3.8) is 0 Å². The Morgan fingerprint density at radius 2 is 1.68 bits per heavy atom. The van der Waals surface area contributed by atoms with Crippen molar-refractivity contribution in [3.8, 4) is 5.75 Å². The van der Waals surface area contributed by atoms with Crippen molar-refractivity contribution in [2.24, 2.45) is 0 Å². The summed E-state index contributed by atoms with van der Waals surface area (Å²) in [5.74, 6) is 0.218. The van der Waals surface area contributed by atoms with Crippen LogP contribution in [-0.4, -0.2) is 16.3 Å². The van der Waals surface area contributed by atoms with E-state index in [1.165, 1.54) is 36.7 Å². The zero-order valence-electron chi connectivity index (χ0n) is 9.48. The molecule has 100 valence electrons. The normalized spacial score (nSPS) is 11.1. The van der Waals surface area contributed by atoms with E-state index in [9.17, 15) is 13.2 Å². The van der Waals surface area contributed by atoms with Gasteiger partial charge in [0.05, 0.1) is 0 Å². The van der Waals surface area contributed by atoms with Gasteiger partial charge in [-0.2, -0.15) is 0 Å². The van der Waals surface area contributed by atoms with Crippen LogP contribution >= 0.6 is 0 Å². The number of rotatable bonds is 3. The zero-order valence-corrected chi connectivity index (χ0v) is 9.48. The van der Waals surface area contributed by atoms with E-state index in [0.29, 0.717) is 11.5 Å². The smallest absolute Gasteiger partial charge is 0.406 e. The number of alkyl halides is 3. The summed E-state index contributed by atoms with van der Waals surface area (Å²) in [6, 6.07) is 5.19. The molecule has 1 aromatic carbocycles. The van der Waals surface area contributed by atoms with Gasteiger partial charge in [0.25, 0.3) is 0 Å². The molecule has 0 aliphatic carbocycles. The lowest BCUT2D eigenvalue weighted by Crippen LogP contribution is -2.17. The summed E-state index contributed by atoms with van der Waals surface area (Å²) in [7, 11) is 0. The number of aromatic nitrogens is 2. The highest BCUT2D eigenvalue weighted by molar-refractivity contribution is 5.65. The van der Waals surface area contributed by atoms with Gasteiger partial charge in [-0.3, -0.25) is 0 Å². The third-order valence-electron chi connectivity index (χ3n) is 2.08. The fourth-order valence-corrected chi connectivity index (χ4v) is 1.32. The standard InChI is InChI=1S/C11H9F3N4O/c12-11(13,14)19-8-3-1-7(2-4-8)18-10-9(15)16-5-6-17-10/h1-6H,(H2,15,16)(H,17,18). The van der Waals surface area contributed by atoms with Crippen LogP contribution in [-0.2, 0) is 0 Å². The van der Waals surface area contributed by atoms with E-state index in [0.717, 1.165) is 0 Å². The molecule has 0 spiro atoms. The summed E-state index contributed by atoms with van der Waals surface area (Å²) < 4.78 is 39.7. The van der Waals surface area contributed by atoms with E-state index in [2.05, 4.69) is 20.0 Å². The molecule has 0 saturated carbocycles. The number of nitrogen functional groups attached to an aromatic ring is 1. The van der Waals surface area contributed by atoms with Gasteiger partial charge in [-0.05, 0) is 24.3 Å². The van der Waals surface area contributed by atoms with Gasteiger partial charge in [-0.25, -0.2) is 9.97 Å². The molecule has 0 fully saturated rings. The first-order valence-electron chi connectivity index (χ1n) is 5.13. The highest BCUT2D eigenvalue weighted by atomic mass is 19.4. The van der Waals surface area contributed by atoms with Crippen LogP contribution in [0, 0.1) is 0 Å². The second-order valence-electron chi connectivity index (χ2n) is 3.49. The van der Waals surface area contributed by atoms with E-state index in [1.807, 2.05) is 0 Å². The topological polar surface area (TPSA) is 73.1 Å². The van der Waals surface area contributed by atoms with Crippen LogP contribution in [0.15, 0.2) is 36.7 Å². The molecular weight excluding hydrogens is 261 g/mol. The average molecular weight is 270 g/mol. The molecule has 1 heterocycles. The number of halogens is 3. The molecule has 19 heavy (non-hydrogen) atoms. The van der Waals surface area contributed by atoms with Crippen LogP contribution in [0.4, 0.5) is 30.5 Å². The Labute approximate surface area is 106 Å². The maximum atomic E-state index is 12.0. The lowest BCUT2D eigenvalue weighted by atomic mass is 10.3. The zero-order chi connectivity index (χ0) is 13.9. The van der Waals surface area contributed by atoms with Crippen molar-refractivity contribution in [2.75, 3.05) is 11.1 Å². The second kappa shape index (κ2) is 5.01. The quantitative estimate of drug-likeness (QED) is 0.897. The van der Waals surface area contributed by atoms with Crippen molar-refractivity contribution < 1.29 is 17.9 Å². The summed E-state index contributed by atoms with van der Waals surface area (Å²) in [6.45, 7) is 0. The Kier molecular flexibility index (Phi) is 3.41. The van der Waals surface area contributed by atoms with Crippen LogP contribution in [0.3, 0.4) is 0 Å². The van der Waals surface area contributed by atoms with Crippen LogP contribution in [0.1, 0.15) is 0 Å². The maximum Gasteiger partial charge on any atom is 0.573 e. The van der Waals surface area contributed by atoms with Gasteiger partial charge < -0.3 is 15.8 Å². The molecule has 2 rings (SSSR count). The molecule has 8 heteroatoms. The van der Waals surface area contributed by atoms with Gasteiger partial charge in [0, 0.05) is 18.1 Å². The predicted molar refractivity (Wildman–Crippen MR) is 62.9 cm³/mol. The van der Waals surface area contributed by atoms with Crippen LogP contribution in [0.2, 0.25) is 0 Å². The number of nitrogens with zero attached hydrogens (tertiary/aromatic N) is 2. The van der Waals surface area contributed by atoms with Gasteiger partial charge in [-0.1, -0.05) is 0 Å². The summed E-state index contributed by atoms with van der Waals surface area (Å²) in [5.41, 5.74) is 6.09. The van der Waals surface area contributed by atoms with Crippen molar-refractivity contribution >= 4 is 17.3 Å². The first kappa shape index (κ1) is 12.9. The molecule has 0 aliphatic heterocycles.